The van der Waals surface area contributed by atoms with Crippen LogP contribution in [-0.2, 0) is 13.1 Å². The molecule has 0 aliphatic heterocycles. The largest absolute Gasteiger partial charge is 0.333 e. The summed E-state index contributed by atoms with van der Waals surface area (Å²) in [6.45, 7) is 10.9. The minimum absolute atomic E-state index is 0.635. The second kappa shape index (κ2) is 8.27. The summed E-state index contributed by atoms with van der Waals surface area (Å²) in [6.07, 6.45) is 6.23. The van der Waals surface area contributed by atoms with E-state index in [-0.39, 0.29) is 0 Å². The zero-order valence-electron chi connectivity index (χ0n) is 12.3. The van der Waals surface area contributed by atoms with Gasteiger partial charge in [0.1, 0.15) is 0 Å². The molecule has 104 valence electrons. The Morgan fingerprint density at radius 3 is 2.89 bits per heavy atom. The molecule has 1 aromatic heterocycles. The summed E-state index contributed by atoms with van der Waals surface area (Å²) in [4.78, 5) is 6.58. The van der Waals surface area contributed by atoms with Crippen molar-refractivity contribution in [2.45, 2.75) is 52.7 Å². The third-order valence-corrected chi connectivity index (χ3v) is 3.32. The van der Waals surface area contributed by atoms with Crippen molar-refractivity contribution < 1.29 is 0 Å². The van der Waals surface area contributed by atoms with Gasteiger partial charge in [0, 0.05) is 25.3 Å². The van der Waals surface area contributed by atoms with Gasteiger partial charge in [0.25, 0.3) is 0 Å². The average molecular weight is 252 g/mol. The summed E-state index contributed by atoms with van der Waals surface area (Å²) in [7, 11) is 2.18. The van der Waals surface area contributed by atoms with Crippen LogP contribution < -0.4 is 5.32 Å². The molecule has 18 heavy (non-hydrogen) atoms. The highest BCUT2D eigenvalue weighted by Gasteiger charge is 2.03. The summed E-state index contributed by atoms with van der Waals surface area (Å²) >= 11 is 0. The molecule has 0 unspecified atom stereocenters. The molecule has 0 aliphatic carbocycles. The van der Waals surface area contributed by atoms with Crippen LogP contribution in [0.2, 0.25) is 0 Å². The maximum absolute atomic E-state index is 4.21. The van der Waals surface area contributed by atoms with Gasteiger partial charge in [0.15, 0.2) is 0 Å². The normalized spacial score (nSPS) is 11.7. The van der Waals surface area contributed by atoms with E-state index in [4.69, 9.17) is 0 Å². The summed E-state index contributed by atoms with van der Waals surface area (Å²) in [5.41, 5.74) is 1.29. The third kappa shape index (κ3) is 5.19. The van der Waals surface area contributed by atoms with Crippen molar-refractivity contribution in [3.05, 3.63) is 18.2 Å². The Balaban J connectivity index is 2.16. The van der Waals surface area contributed by atoms with Crippen molar-refractivity contribution in [1.29, 1.82) is 0 Å². The topological polar surface area (TPSA) is 33.1 Å². The van der Waals surface area contributed by atoms with Gasteiger partial charge in [-0.3, -0.25) is 0 Å². The van der Waals surface area contributed by atoms with Crippen molar-refractivity contribution in [2.75, 3.05) is 20.1 Å². The van der Waals surface area contributed by atoms with E-state index in [9.17, 15) is 0 Å². The Labute approximate surface area is 111 Å². The van der Waals surface area contributed by atoms with E-state index in [2.05, 4.69) is 47.6 Å². The molecule has 1 heterocycles. The van der Waals surface area contributed by atoms with E-state index < -0.39 is 0 Å². The molecule has 1 rings (SSSR count). The van der Waals surface area contributed by atoms with Crippen molar-refractivity contribution in [3.8, 4) is 0 Å². The molecule has 0 bridgehead atoms. The number of hydrogen-bond donors (Lipinski definition) is 1. The molecular weight excluding hydrogens is 224 g/mol. The molecule has 0 aromatic carbocycles. The van der Waals surface area contributed by atoms with Crippen molar-refractivity contribution >= 4 is 0 Å². The zero-order valence-corrected chi connectivity index (χ0v) is 12.3. The summed E-state index contributed by atoms with van der Waals surface area (Å²) in [5, 5.41) is 3.49. The molecule has 1 N–H and O–H groups in total. The Kier molecular flexibility index (Phi) is 6.98. The lowest BCUT2D eigenvalue weighted by molar-refractivity contribution is 0.269. The summed E-state index contributed by atoms with van der Waals surface area (Å²) in [5.74, 6) is 0. The predicted molar refractivity (Wildman–Crippen MR) is 76.6 cm³/mol. The molecule has 0 saturated heterocycles. The van der Waals surface area contributed by atoms with Crippen LogP contribution in [0.15, 0.2) is 12.5 Å². The van der Waals surface area contributed by atoms with Crippen LogP contribution in [0.25, 0.3) is 0 Å². The smallest absolute Gasteiger partial charge is 0.0948 e. The van der Waals surface area contributed by atoms with Crippen LogP contribution in [0, 0.1) is 0 Å². The van der Waals surface area contributed by atoms with Crippen LogP contribution in [0.3, 0.4) is 0 Å². The maximum Gasteiger partial charge on any atom is 0.0948 e. The van der Waals surface area contributed by atoms with Crippen molar-refractivity contribution in [3.63, 3.8) is 0 Å². The van der Waals surface area contributed by atoms with Gasteiger partial charge in [-0.15, -0.1) is 0 Å². The van der Waals surface area contributed by atoms with Crippen LogP contribution in [0.4, 0.5) is 0 Å². The number of hydrogen-bond acceptors (Lipinski definition) is 3. The van der Waals surface area contributed by atoms with E-state index in [0.29, 0.717) is 6.04 Å². The standard InChI is InChI=1S/C14H28N4/c1-5-8-18-12-16-11-14(18)10-15-7-6-9-17(4)13(2)3/h11-13,15H,5-10H2,1-4H3. The van der Waals surface area contributed by atoms with E-state index in [1.54, 1.807) is 0 Å². The first kappa shape index (κ1) is 15.2. The molecule has 0 radical (unpaired) electrons. The molecular formula is C14H28N4. The van der Waals surface area contributed by atoms with Gasteiger partial charge in [-0.25, -0.2) is 4.98 Å². The molecule has 0 aliphatic rings. The fraction of sp³-hybridized carbons (Fsp3) is 0.786. The fourth-order valence-electron chi connectivity index (χ4n) is 1.87. The average Bonchev–Trinajstić information content (AvgIpc) is 2.76. The Morgan fingerprint density at radius 2 is 2.22 bits per heavy atom. The van der Waals surface area contributed by atoms with Crippen LogP contribution >= 0.6 is 0 Å². The van der Waals surface area contributed by atoms with Gasteiger partial charge >= 0.3 is 0 Å². The number of imidazole rings is 1. The maximum atomic E-state index is 4.21. The molecule has 4 nitrogen and oxygen atoms in total. The minimum atomic E-state index is 0.635. The van der Waals surface area contributed by atoms with Gasteiger partial charge in [0.05, 0.1) is 12.0 Å². The second-order valence-electron chi connectivity index (χ2n) is 5.18. The monoisotopic (exact) mass is 252 g/mol. The summed E-state index contributed by atoms with van der Waals surface area (Å²) < 4.78 is 2.23. The SMILES string of the molecule is CCCn1cncc1CNCCCN(C)C(C)C. The zero-order chi connectivity index (χ0) is 13.4. The molecule has 1 aromatic rings. The van der Waals surface area contributed by atoms with E-state index >= 15 is 0 Å². The predicted octanol–water partition coefficient (Wildman–Crippen LogP) is 2.11. The first-order chi connectivity index (χ1) is 8.65. The fourth-order valence-corrected chi connectivity index (χ4v) is 1.87. The van der Waals surface area contributed by atoms with Crippen molar-refractivity contribution in [1.82, 2.24) is 19.8 Å². The van der Waals surface area contributed by atoms with E-state index in [0.717, 1.165) is 32.6 Å². The van der Waals surface area contributed by atoms with E-state index in [1.165, 1.54) is 12.1 Å². The van der Waals surface area contributed by atoms with E-state index in [1.807, 2.05) is 12.5 Å². The second-order valence-corrected chi connectivity index (χ2v) is 5.18. The molecule has 4 heteroatoms. The van der Waals surface area contributed by atoms with Crippen molar-refractivity contribution in [2.24, 2.45) is 0 Å². The lowest BCUT2D eigenvalue weighted by atomic mass is 10.3. The Morgan fingerprint density at radius 1 is 1.44 bits per heavy atom. The van der Waals surface area contributed by atoms with Crippen LogP contribution in [-0.4, -0.2) is 40.6 Å². The third-order valence-electron chi connectivity index (χ3n) is 3.32. The highest BCUT2D eigenvalue weighted by molar-refractivity contribution is 4.97. The highest BCUT2D eigenvalue weighted by atomic mass is 15.1. The molecule has 0 fully saturated rings. The Hall–Kier alpha value is -0.870. The Bertz CT molecular complexity index is 319. The van der Waals surface area contributed by atoms with Gasteiger partial charge in [-0.05, 0) is 46.8 Å². The number of nitrogens with zero attached hydrogens (tertiary/aromatic N) is 3. The number of aromatic nitrogens is 2. The van der Waals surface area contributed by atoms with Gasteiger partial charge < -0.3 is 14.8 Å². The molecule has 0 saturated carbocycles. The quantitative estimate of drug-likeness (QED) is 0.683. The lowest BCUT2D eigenvalue weighted by Gasteiger charge is -2.20. The number of aryl methyl sites for hydroxylation is 1. The summed E-state index contributed by atoms with van der Waals surface area (Å²) in [6, 6.07) is 0.635. The van der Waals surface area contributed by atoms with Gasteiger partial charge in [-0.1, -0.05) is 6.92 Å². The van der Waals surface area contributed by atoms with Gasteiger partial charge in [0.2, 0.25) is 0 Å². The minimum Gasteiger partial charge on any atom is -0.333 e. The highest BCUT2D eigenvalue weighted by Crippen LogP contribution is 2.00. The first-order valence-electron chi connectivity index (χ1n) is 7.05. The molecule has 0 atom stereocenters. The number of nitrogens with one attached hydrogen (secondary N) is 1. The van der Waals surface area contributed by atoms with Crippen LogP contribution in [0.1, 0.15) is 39.3 Å². The molecule has 0 spiro atoms. The van der Waals surface area contributed by atoms with Crippen LogP contribution in [0.5, 0.6) is 0 Å². The lowest BCUT2D eigenvalue weighted by Crippen LogP contribution is -2.29. The van der Waals surface area contributed by atoms with Gasteiger partial charge in [-0.2, -0.15) is 0 Å². The number of rotatable bonds is 9. The first-order valence-corrected chi connectivity index (χ1v) is 7.05. The molecule has 0 amide bonds.